The van der Waals surface area contributed by atoms with Gasteiger partial charge in [0.2, 0.25) is 10.0 Å². The number of aryl methyl sites for hydroxylation is 1. The summed E-state index contributed by atoms with van der Waals surface area (Å²) in [6.45, 7) is 2.46. The molecule has 0 saturated carbocycles. The summed E-state index contributed by atoms with van der Waals surface area (Å²) in [6, 6.07) is 6.72. The van der Waals surface area contributed by atoms with Gasteiger partial charge in [-0.3, -0.25) is 4.79 Å². The fourth-order valence-corrected chi connectivity index (χ4v) is 3.67. The van der Waals surface area contributed by atoms with Crippen molar-refractivity contribution in [1.29, 1.82) is 0 Å². The molecule has 1 atom stereocenters. The Hall–Kier alpha value is -1.40. The van der Waals surface area contributed by atoms with Crippen LogP contribution in [0.2, 0.25) is 0 Å². The van der Waals surface area contributed by atoms with Gasteiger partial charge in [-0.05, 0) is 25.5 Å². The van der Waals surface area contributed by atoms with E-state index in [2.05, 4.69) is 4.74 Å². The first kappa shape index (κ1) is 14.0. The van der Waals surface area contributed by atoms with Crippen LogP contribution in [0, 0.1) is 12.8 Å². The van der Waals surface area contributed by atoms with Gasteiger partial charge in [-0.15, -0.1) is 0 Å². The van der Waals surface area contributed by atoms with Gasteiger partial charge < -0.3 is 4.74 Å². The summed E-state index contributed by atoms with van der Waals surface area (Å²) in [5.74, 6) is -0.702. The number of carbonyl (C=O) groups is 1. The molecule has 1 aliphatic heterocycles. The molecule has 1 fully saturated rings. The third-order valence-corrected chi connectivity index (χ3v) is 5.22. The van der Waals surface area contributed by atoms with Crippen molar-refractivity contribution in [2.75, 3.05) is 20.2 Å². The lowest BCUT2D eigenvalue weighted by Crippen LogP contribution is -2.30. The van der Waals surface area contributed by atoms with E-state index in [4.69, 9.17) is 0 Å². The average molecular weight is 283 g/mol. The Morgan fingerprint density at radius 2 is 1.95 bits per heavy atom. The number of hydrogen-bond donors (Lipinski definition) is 0. The molecule has 1 heterocycles. The Labute approximate surface area is 113 Å². The number of sulfonamides is 1. The van der Waals surface area contributed by atoms with Crippen molar-refractivity contribution in [3.05, 3.63) is 29.8 Å². The van der Waals surface area contributed by atoms with Crippen molar-refractivity contribution in [2.45, 2.75) is 18.2 Å². The summed E-state index contributed by atoms with van der Waals surface area (Å²) in [5.41, 5.74) is 1.01. The zero-order valence-corrected chi connectivity index (χ0v) is 11.8. The molecule has 5 nitrogen and oxygen atoms in total. The fourth-order valence-electron chi connectivity index (χ4n) is 2.16. The van der Waals surface area contributed by atoms with E-state index in [0.717, 1.165) is 5.56 Å². The Bertz CT molecular complexity index is 565. The van der Waals surface area contributed by atoms with E-state index in [1.807, 2.05) is 6.92 Å². The normalized spacial score (nSPS) is 20.4. The smallest absolute Gasteiger partial charge is 0.310 e. The minimum atomic E-state index is -3.50. The molecule has 1 unspecified atom stereocenters. The van der Waals surface area contributed by atoms with Crippen LogP contribution < -0.4 is 0 Å². The first-order chi connectivity index (χ1) is 8.95. The van der Waals surface area contributed by atoms with Gasteiger partial charge in [-0.1, -0.05) is 17.7 Å². The van der Waals surface area contributed by atoms with Crippen LogP contribution in [0.15, 0.2) is 29.2 Å². The van der Waals surface area contributed by atoms with Crippen molar-refractivity contribution in [2.24, 2.45) is 5.92 Å². The molecular formula is C13H17NO4S. The van der Waals surface area contributed by atoms with Crippen LogP contribution in [0.4, 0.5) is 0 Å². The molecule has 1 aliphatic rings. The van der Waals surface area contributed by atoms with Gasteiger partial charge >= 0.3 is 5.97 Å². The first-order valence-corrected chi connectivity index (χ1v) is 7.54. The SMILES string of the molecule is COC(=O)C1CCN(S(=O)(=O)c2ccc(C)cc2)C1. The van der Waals surface area contributed by atoms with Crippen molar-refractivity contribution >= 4 is 16.0 Å². The highest BCUT2D eigenvalue weighted by Gasteiger charge is 2.36. The van der Waals surface area contributed by atoms with Crippen LogP contribution in [0.5, 0.6) is 0 Å². The molecule has 0 N–H and O–H groups in total. The lowest BCUT2D eigenvalue weighted by molar-refractivity contribution is -0.144. The van der Waals surface area contributed by atoms with Crippen LogP contribution in [0.3, 0.4) is 0 Å². The number of ether oxygens (including phenoxy) is 1. The fraction of sp³-hybridized carbons (Fsp3) is 0.462. The number of methoxy groups -OCH3 is 1. The van der Waals surface area contributed by atoms with Crippen LogP contribution in [0.25, 0.3) is 0 Å². The third kappa shape index (κ3) is 2.79. The van der Waals surface area contributed by atoms with Gasteiger partial charge in [-0.2, -0.15) is 4.31 Å². The highest BCUT2D eigenvalue weighted by atomic mass is 32.2. The largest absolute Gasteiger partial charge is 0.469 e. The molecule has 0 aliphatic carbocycles. The second-order valence-electron chi connectivity index (χ2n) is 4.68. The summed E-state index contributed by atoms with van der Waals surface area (Å²) in [5, 5.41) is 0. The van der Waals surface area contributed by atoms with E-state index in [1.54, 1.807) is 24.3 Å². The predicted octanol–water partition coefficient (Wildman–Crippen LogP) is 1.18. The Morgan fingerprint density at radius 3 is 2.53 bits per heavy atom. The maximum absolute atomic E-state index is 12.4. The molecule has 104 valence electrons. The van der Waals surface area contributed by atoms with Gasteiger partial charge in [0.15, 0.2) is 0 Å². The molecule has 0 radical (unpaired) electrons. The highest BCUT2D eigenvalue weighted by Crippen LogP contribution is 2.25. The Kier molecular flexibility index (Phi) is 3.91. The number of carbonyl (C=O) groups excluding carboxylic acids is 1. The monoisotopic (exact) mass is 283 g/mol. The molecule has 1 aromatic carbocycles. The van der Waals surface area contributed by atoms with E-state index in [9.17, 15) is 13.2 Å². The molecule has 1 saturated heterocycles. The van der Waals surface area contributed by atoms with Crippen LogP contribution in [-0.4, -0.2) is 38.9 Å². The molecule has 19 heavy (non-hydrogen) atoms. The van der Waals surface area contributed by atoms with E-state index in [0.29, 0.717) is 13.0 Å². The minimum Gasteiger partial charge on any atom is -0.469 e. The van der Waals surface area contributed by atoms with Gasteiger partial charge in [0, 0.05) is 13.1 Å². The zero-order chi connectivity index (χ0) is 14.0. The molecule has 1 aromatic rings. The number of nitrogens with zero attached hydrogens (tertiary/aromatic N) is 1. The van der Waals surface area contributed by atoms with Crippen LogP contribution in [-0.2, 0) is 19.6 Å². The van der Waals surface area contributed by atoms with E-state index >= 15 is 0 Å². The van der Waals surface area contributed by atoms with Gasteiger partial charge in [0.1, 0.15) is 0 Å². The zero-order valence-electron chi connectivity index (χ0n) is 11.0. The van der Waals surface area contributed by atoms with Crippen LogP contribution in [0.1, 0.15) is 12.0 Å². The van der Waals surface area contributed by atoms with Crippen LogP contribution >= 0.6 is 0 Å². The third-order valence-electron chi connectivity index (χ3n) is 3.34. The van der Waals surface area contributed by atoms with Crippen molar-refractivity contribution in [1.82, 2.24) is 4.31 Å². The quantitative estimate of drug-likeness (QED) is 0.781. The molecule has 0 spiro atoms. The standard InChI is InChI=1S/C13H17NO4S/c1-10-3-5-12(6-4-10)19(16,17)14-8-7-11(9-14)13(15)18-2/h3-6,11H,7-9H2,1-2H3. The van der Waals surface area contributed by atoms with E-state index in [1.165, 1.54) is 11.4 Å². The highest BCUT2D eigenvalue weighted by molar-refractivity contribution is 7.89. The topological polar surface area (TPSA) is 63.7 Å². The molecular weight excluding hydrogens is 266 g/mol. The average Bonchev–Trinajstić information content (AvgIpc) is 2.88. The number of benzene rings is 1. The number of rotatable bonds is 3. The molecule has 0 bridgehead atoms. The van der Waals surface area contributed by atoms with Crippen molar-refractivity contribution in [3.8, 4) is 0 Å². The summed E-state index contributed by atoms with van der Waals surface area (Å²) in [7, 11) is -2.19. The molecule has 0 amide bonds. The minimum absolute atomic E-state index is 0.197. The number of hydrogen-bond acceptors (Lipinski definition) is 4. The second-order valence-corrected chi connectivity index (χ2v) is 6.62. The van der Waals surface area contributed by atoms with E-state index in [-0.39, 0.29) is 23.3 Å². The number of esters is 1. The summed E-state index contributed by atoms with van der Waals surface area (Å²) in [6.07, 6.45) is 0.512. The lowest BCUT2D eigenvalue weighted by Gasteiger charge is -2.16. The Morgan fingerprint density at radius 1 is 1.32 bits per heavy atom. The molecule has 0 aromatic heterocycles. The predicted molar refractivity (Wildman–Crippen MR) is 70.1 cm³/mol. The molecule has 6 heteroatoms. The van der Waals surface area contributed by atoms with E-state index < -0.39 is 10.0 Å². The lowest BCUT2D eigenvalue weighted by atomic mass is 10.1. The van der Waals surface area contributed by atoms with Crippen molar-refractivity contribution in [3.63, 3.8) is 0 Å². The maximum Gasteiger partial charge on any atom is 0.310 e. The molecule has 2 rings (SSSR count). The van der Waals surface area contributed by atoms with Crippen molar-refractivity contribution < 1.29 is 17.9 Å². The Balaban J connectivity index is 2.18. The first-order valence-electron chi connectivity index (χ1n) is 6.10. The van der Waals surface area contributed by atoms with Gasteiger partial charge in [0.25, 0.3) is 0 Å². The summed E-state index contributed by atoms with van der Waals surface area (Å²) >= 11 is 0. The van der Waals surface area contributed by atoms with Gasteiger partial charge in [0.05, 0.1) is 17.9 Å². The second kappa shape index (κ2) is 5.30. The maximum atomic E-state index is 12.4. The summed E-state index contributed by atoms with van der Waals surface area (Å²) < 4.78 is 30.8. The van der Waals surface area contributed by atoms with Gasteiger partial charge in [-0.25, -0.2) is 8.42 Å². The summed E-state index contributed by atoms with van der Waals surface area (Å²) in [4.78, 5) is 11.7.